The molecule has 1 atom stereocenters. The minimum Gasteiger partial charge on any atom is -0.360 e. The summed E-state index contributed by atoms with van der Waals surface area (Å²) in [6, 6.07) is 0.214. The van der Waals surface area contributed by atoms with Gasteiger partial charge < -0.3 is 10.2 Å². The lowest BCUT2D eigenvalue weighted by Crippen LogP contribution is -2.45. The van der Waals surface area contributed by atoms with Gasteiger partial charge in [0.15, 0.2) is 0 Å². The number of rotatable bonds is 3. The first-order valence-corrected chi connectivity index (χ1v) is 6.66. The summed E-state index contributed by atoms with van der Waals surface area (Å²) in [7, 11) is 3.02. The van der Waals surface area contributed by atoms with Crippen LogP contribution in [0.25, 0.3) is 0 Å². The zero-order valence-corrected chi connectivity index (χ0v) is 11.7. The van der Waals surface area contributed by atoms with Crippen LogP contribution in [0.4, 0.5) is 5.82 Å². The van der Waals surface area contributed by atoms with Crippen LogP contribution in [0.2, 0.25) is 0 Å². The van der Waals surface area contributed by atoms with E-state index in [1.807, 2.05) is 0 Å². The summed E-state index contributed by atoms with van der Waals surface area (Å²) in [5.74, 6) is 0.257. The Bertz CT molecular complexity index is 562. The number of piperidine rings is 1. The van der Waals surface area contributed by atoms with E-state index in [9.17, 15) is 9.59 Å². The van der Waals surface area contributed by atoms with Crippen LogP contribution in [0.1, 0.15) is 19.8 Å². The summed E-state index contributed by atoms with van der Waals surface area (Å²) in [5, 5.41) is 7.20. The van der Waals surface area contributed by atoms with E-state index in [1.54, 1.807) is 7.05 Å². The van der Waals surface area contributed by atoms with Gasteiger partial charge in [-0.2, -0.15) is 0 Å². The molecule has 2 heterocycles. The Labute approximate surface area is 111 Å². The largest absolute Gasteiger partial charge is 0.360 e. The second kappa shape index (κ2) is 5.56. The molecule has 7 nitrogen and oxygen atoms in total. The number of aromatic nitrogens is 3. The first kappa shape index (κ1) is 13.8. The molecule has 1 aromatic rings. The molecule has 2 rings (SSSR count). The highest BCUT2D eigenvalue weighted by Crippen LogP contribution is 2.12. The smallest absolute Gasteiger partial charge is 0.346 e. The zero-order chi connectivity index (χ0) is 14.0. The van der Waals surface area contributed by atoms with Gasteiger partial charge in [-0.15, -0.1) is 5.10 Å². The molecule has 1 aromatic heterocycles. The molecule has 1 unspecified atom stereocenters. The van der Waals surface area contributed by atoms with Crippen LogP contribution >= 0.6 is 0 Å². The summed E-state index contributed by atoms with van der Waals surface area (Å²) in [6.45, 7) is 5.15. The van der Waals surface area contributed by atoms with Gasteiger partial charge in [0.25, 0.3) is 5.56 Å². The minimum atomic E-state index is -0.408. The van der Waals surface area contributed by atoms with Gasteiger partial charge in [-0.3, -0.25) is 9.36 Å². The van der Waals surface area contributed by atoms with Gasteiger partial charge >= 0.3 is 5.69 Å². The van der Waals surface area contributed by atoms with E-state index in [-0.39, 0.29) is 17.4 Å². The van der Waals surface area contributed by atoms with E-state index in [0.29, 0.717) is 0 Å². The maximum atomic E-state index is 12.0. The zero-order valence-electron chi connectivity index (χ0n) is 11.7. The van der Waals surface area contributed by atoms with E-state index < -0.39 is 5.69 Å². The first-order valence-electron chi connectivity index (χ1n) is 6.66. The third kappa shape index (κ3) is 2.86. The van der Waals surface area contributed by atoms with Crippen molar-refractivity contribution in [3.05, 3.63) is 20.8 Å². The molecule has 1 fully saturated rings. The molecule has 0 aromatic carbocycles. The van der Waals surface area contributed by atoms with E-state index in [0.717, 1.165) is 37.0 Å². The van der Waals surface area contributed by atoms with Crippen molar-refractivity contribution < 1.29 is 0 Å². The number of likely N-dealkylation sites (N-methyl/N-ethyl adjacent to an activating group) is 1. The van der Waals surface area contributed by atoms with Crippen molar-refractivity contribution in [2.75, 3.05) is 25.0 Å². The van der Waals surface area contributed by atoms with Crippen molar-refractivity contribution >= 4 is 5.82 Å². The van der Waals surface area contributed by atoms with Crippen molar-refractivity contribution in [1.29, 1.82) is 0 Å². The fraction of sp³-hybridized carbons (Fsp3) is 0.750. The molecule has 1 aliphatic rings. The van der Waals surface area contributed by atoms with Crippen molar-refractivity contribution in [3.63, 3.8) is 0 Å². The molecule has 7 heteroatoms. The van der Waals surface area contributed by atoms with Crippen LogP contribution in [0.5, 0.6) is 0 Å². The number of nitrogens with zero attached hydrogens (tertiary/aromatic N) is 4. The highest BCUT2D eigenvalue weighted by molar-refractivity contribution is 5.31. The third-order valence-electron chi connectivity index (χ3n) is 3.61. The van der Waals surface area contributed by atoms with Gasteiger partial charge in [0, 0.05) is 26.7 Å². The van der Waals surface area contributed by atoms with Gasteiger partial charge in [-0.25, -0.2) is 9.48 Å². The molecule has 0 amide bonds. The molecule has 0 saturated carbocycles. The van der Waals surface area contributed by atoms with Crippen LogP contribution in [-0.2, 0) is 14.1 Å². The average molecular weight is 267 g/mol. The Morgan fingerprint density at radius 1 is 1.37 bits per heavy atom. The van der Waals surface area contributed by atoms with E-state index >= 15 is 0 Å². The third-order valence-corrected chi connectivity index (χ3v) is 3.61. The van der Waals surface area contributed by atoms with Crippen molar-refractivity contribution in [2.45, 2.75) is 25.8 Å². The fourth-order valence-electron chi connectivity index (χ4n) is 2.44. The topological polar surface area (TPSA) is 72.2 Å². The second-order valence-electron chi connectivity index (χ2n) is 5.00. The highest BCUT2D eigenvalue weighted by atomic mass is 16.2. The lowest BCUT2D eigenvalue weighted by atomic mass is 10.1. The lowest BCUT2D eigenvalue weighted by molar-refractivity contribution is 0.226. The van der Waals surface area contributed by atoms with Gasteiger partial charge in [0.2, 0.25) is 5.82 Å². The summed E-state index contributed by atoms with van der Waals surface area (Å²) in [6.07, 6.45) is 2.13. The quantitative estimate of drug-likeness (QED) is 0.790. The molecule has 0 radical (unpaired) electrons. The maximum absolute atomic E-state index is 12.0. The molecule has 0 aliphatic carbocycles. The highest BCUT2D eigenvalue weighted by Gasteiger charge is 2.20. The van der Waals surface area contributed by atoms with Crippen molar-refractivity contribution in [3.8, 4) is 0 Å². The number of anilines is 1. The number of nitrogens with one attached hydrogen (secondary N) is 1. The first-order chi connectivity index (χ1) is 9.02. The molecule has 0 spiro atoms. The van der Waals surface area contributed by atoms with Gasteiger partial charge in [-0.1, -0.05) is 6.92 Å². The Kier molecular flexibility index (Phi) is 4.04. The van der Waals surface area contributed by atoms with Crippen LogP contribution in [0.15, 0.2) is 9.59 Å². The molecule has 0 bridgehead atoms. The SMILES string of the molecule is CCN1CCCC(Nc2nn(C)c(=O)n(C)c2=O)C1. The van der Waals surface area contributed by atoms with Crippen LogP contribution < -0.4 is 16.6 Å². The molecule has 19 heavy (non-hydrogen) atoms. The molecular weight excluding hydrogens is 246 g/mol. The number of hydrogen-bond acceptors (Lipinski definition) is 5. The molecular formula is C12H21N5O2. The predicted molar refractivity (Wildman–Crippen MR) is 73.5 cm³/mol. The van der Waals surface area contributed by atoms with Crippen LogP contribution in [0.3, 0.4) is 0 Å². The molecule has 106 valence electrons. The second-order valence-corrected chi connectivity index (χ2v) is 5.00. The Morgan fingerprint density at radius 2 is 2.11 bits per heavy atom. The van der Waals surface area contributed by atoms with Crippen LogP contribution in [-0.4, -0.2) is 44.9 Å². The van der Waals surface area contributed by atoms with Gasteiger partial charge in [0.05, 0.1) is 0 Å². The van der Waals surface area contributed by atoms with Crippen molar-refractivity contribution in [1.82, 2.24) is 19.2 Å². The van der Waals surface area contributed by atoms with E-state index in [1.165, 1.54) is 11.7 Å². The van der Waals surface area contributed by atoms with Gasteiger partial charge in [-0.05, 0) is 25.9 Å². The number of likely N-dealkylation sites (tertiary alicyclic amines) is 1. The molecule has 1 aliphatic heterocycles. The van der Waals surface area contributed by atoms with Crippen LogP contribution in [0, 0.1) is 0 Å². The summed E-state index contributed by atoms with van der Waals surface area (Å²) >= 11 is 0. The minimum absolute atomic E-state index is 0.214. The monoisotopic (exact) mass is 267 g/mol. The standard InChI is InChI=1S/C12H21N5O2/c1-4-17-7-5-6-9(8-17)13-10-11(18)15(2)12(19)16(3)14-10/h9H,4-8H2,1-3H3,(H,13,14). The van der Waals surface area contributed by atoms with Crippen molar-refractivity contribution in [2.24, 2.45) is 14.1 Å². The lowest BCUT2D eigenvalue weighted by Gasteiger charge is -2.32. The predicted octanol–water partition coefficient (Wildman–Crippen LogP) is -0.625. The fourth-order valence-corrected chi connectivity index (χ4v) is 2.44. The summed E-state index contributed by atoms with van der Waals surface area (Å²) < 4.78 is 2.26. The molecule has 1 saturated heterocycles. The van der Waals surface area contributed by atoms with Gasteiger partial charge in [0.1, 0.15) is 0 Å². The Morgan fingerprint density at radius 3 is 2.79 bits per heavy atom. The summed E-state index contributed by atoms with van der Waals surface area (Å²) in [4.78, 5) is 25.9. The molecule has 1 N–H and O–H groups in total. The maximum Gasteiger partial charge on any atom is 0.346 e. The Balaban J connectivity index is 2.20. The summed E-state index contributed by atoms with van der Waals surface area (Å²) in [5.41, 5.74) is -0.772. The number of aryl methyl sites for hydroxylation is 1. The van der Waals surface area contributed by atoms with E-state index in [4.69, 9.17) is 0 Å². The normalized spacial score (nSPS) is 20.5. The average Bonchev–Trinajstić information content (AvgIpc) is 2.42. The van der Waals surface area contributed by atoms with E-state index in [2.05, 4.69) is 22.2 Å². The Hall–Kier alpha value is -1.63. The number of hydrogen-bond donors (Lipinski definition) is 1.